The number of aryl methyl sites for hydroxylation is 1. The molecule has 114 valence electrons. The minimum atomic E-state index is -3.42. The molecule has 0 amide bonds. The second-order valence-electron chi connectivity index (χ2n) is 5.38. The van der Waals surface area contributed by atoms with Gasteiger partial charge in [0.1, 0.15) is 0 Å². The van der Waals surface area contributed by atoms with Crippen LogP contribution in [0.25, 0.3) is 0 Å². The smallest absolute Gasteiger partial charge is 0.281 e. The number of aromatic nitrogens is 2. The normalized spacial score (nSPS) is 24.6. The Labute approximate surface area is 120 Å². The molecule has 2 heterocycles. The first kappa shape index (κ1) is 15.4. The van der Waals surface area contributed by atoms with Gasteiger partial charge < -0.3 is 10.3 Å². The maximum Gasteiger partial charge on any atom is 0.281 e. The summed E-state index contributed by atoms with van der Waals surface area (Å²) in [5.74, 6) is -0.0407. The number of nitrogens with zero attached hydrogens (tertiary/aromatic N) is 4. The average Bonchev–Trinajstić information content (AvgIpc) is 2.96. The van der Waals surface area contributed by atoms with E-state index in [-0.39, 0.29) is 12.0 Å². The van der Waals surface area contributed by atoms with Gasteiger partial charge in [-0.25, -0.2) is 4.98 Å². The summed E-state index contributed by atoms with van der Waals surface area (Å²) in [5, 5.41) is 0. The first-order valence-corrected chi connectivity index (χ1v) is 8.20. The van der Waals surface area contributed by atoms with E-state index in [1.165, 1.54) is 8.61 Å². The molecule has 0 aromatic carbocycles. The zero-order valence-corrected chi connectivity index (χ0v) is 13.0. The molecule has 0 bridgehead atoms. The van der Waals surface area contributed by atoms with Gasteiger partial charge in [0.25, 0.3) is 10.2 Å². The Balaban J connectivity index is 2.14. The van der Waals surface area contributed by atoms with Gasteiger partial charge in [-0.05, 0) is 6.42 Å². The standard InChI is InChI=1S/C12H23N5O2S/c1-4-5-16(3)20(18,19)17-6-10(11(13)7-17)12-8-15(2)9-14-12/h8-11H,4-7,13H2,1-3H3/t10-,11-/m1/s1. The average molecular weight is 301 g/mol. The monoisotopic (exact) mass is 301 g/mol. The van der Waals surface area contributed by atoms with Crippen LogP contribution in [0, 0.1) is 0 Å². The molecule has 0 saturated carbocycles. The fourth-order valence-electron chi connectivity index (χ4n) is 2.54. The fourth-order valence-corrected chi connectivity index (χ4v) is 4.06. The largest absolute Gasteiger partial charge is 0.340 e. The van der Waals surface area contributed by atoms with Crippen LogP contribution in [-0.2, 0) is 17.3 Å². The number of nitrogens with two attached hydrogens (primary N) is 1. The van der Waals surface area contributed by atoms with Crippen LogP contribution < -0.4 is 5.73 Å². The van der Waals surface area contributed by atoms with Crippen LogP contribution in [0.5, 0.6) is 0 Å². The summed E-state index contributed by atoms with van der Waals surface area (Å²) in [4.78, 5) is 4.29. The highest BCUT2D eigenvalue weighted by Crippen LogP contribution is 2.27. The van der Waals surface area contributed by atoms with Crippen LogP contribution in [0.3, 0.4) is 0 Å². The molecule has 0 radical (unpaired) electrons. The van der Waals surface area contributed by atoms with Crippen molar-refractivity contribution in [3.05, 3.63) is 18.2 Å². The molecule has 1 fully saturated rings. The van der Waals surface area contributed by atoms with Crippen LogP contribution >= 0.6 is 0 Å². The highest BCUT2D eigenvalue weighted by atomic mass is 32.2. The van der Waals surface area contributed by atoms with E-state index in [0.717, 1.165) is 12.1 Å². The van der Waals surface area contributed by atoms with Crippen LogP contribution in [0.2, 0.25) is 0 Å². The van der Waals surface area contributed by atoms with Gasteiger partial charge in [0.05, 0.1) is 12.0 Å². The summed E-state index contributed by atoms with van der Waals surface area (Å²) in [6.07, 6.45) is 4.40. The molecule has 1 saturated heterocycles. The lowest BCUT2D eigenvalue weighted by Gasteiger charge is -2.23. The summed E-state index contributed by atoms with van der Waals surface area (Å²) in [6.45, 7) is 3.22. The number of imidazole rings is 1. The van der Waals surface area contributed by atoms with Crippen molar-refractivity contribution in [3.63, 3.8) is 0 Å². The zero-order valence-electron chi connectivity index (χ0n) is 12.2. The molecular formula is C12H23N5O2S. The number of hydrogen-bond donors (Lipinski definition) is 1. The van der Waals surface area contributed by atoms with Gasteiger partial charge in [-0.3, -0.25) is 0 Å². The number of hydrogen-bond acceptors (Lipinski definition) is 4. The van der Waals surface area contributed by atoms with Crippen LogP contribution in [0.4, 0.5) is 0 Å². The summed E-state index contributed by atoms with van der Waals surface area (Å²) in [7, 11) is 0.0832. The van der Waals surface area contributed by atoms with Crippen molar-refractivity contribution in [2.24, 2.45) is 12.8 Å². The molecule has 2 N–H and O–H groups in total. The second-order valence-corrected chi connectivity index (χ2v) is 7.42. The van der Waals surface area contributed by atoms with Crippen molar-refractivity contribution in [1.82, 2.24) is 18.2 Å². The molecule has 0 spiro atoms. The third kappa shape index (κ3) is 2.88. The van der Waals surface area contributed by atoms with Crippen molar-refractivity contribution in [3.8, 4) is 0 Å². The van der Waals surface area contributed by atoms with E-state index in [0.29, 0.717) is 19.6 Å². The molecule has 1 aromatic heterocycles. The zero-order chi connectivity index (χ0) is 14.9. The minimum Gasteiger partial charge on any atom is -0.340 e. The van der Waals surface area contributed by atoms with E-state index >= 15 is 0 Å². The van der Waals surface area contributed by atoms with Gasteiger partial charge in [0.2, 0.25) is 0 Å². The van der Waals surface area contributed by atoms with Crippen molar-refractivity contribution >= 4 is 10.2 Å². The van der Waals surface area contributed by atoms with E-state index in [1.54, 1.807) is 13.4 Å². The lowest BCUT2D eigenvalue weighted by Crippen LogP contribution is -2.41. The predicted octanol–water partition coefficient (Wildman–Crippen LogP) is -0.267. The van der Waals surface area contributed by atoms with E-state index in [1.807, 2.05) is 24.7 Å². The van der Waals surface area contributed by atoms with Crippen LogP contribution in [0.15, 0.2) is 12.5 Å². The first-order chi connectivity index (χ1) is 9.36. The molecule has 0 aliphatic carbocycles. The van der Waals surface area contributed by atoms with E-state index in [4.69, 9.17) is 5.73 Å². The summed E-state index contributed by atoms with van der Waals surface area (Å²) in [5.41, 5.74) is 6.96. The Kier molecular flexibility index (Phi) is 4.48. The van der Waals surface area contributed by atoms with Gasteiger partial charge in [-0.1, -0.05) is 6.92 Å². The molecule has 1 aromatic rings. The summed E-state index contributed by atoms with van der Waals surface area (Å²) < 4.78 is 29.5. The Morgan fingerprint density at radius 2 is 2.20 bits per heavy atom. The highest BCUT2D eigenvalue weighted by molar-refractivity contribution is 7.86. The Hall–Kier alpha value is -0.960. The maximum absolute atomic E-state index is 12.4. The minimum absolute atomic E-state index is 0.0407. The predicted molar refractivity (Wildman–Crippen MR) is 77.3 cm³/mol. The lowest BCUT2D eigenvalue weighted by molar-refractivity contribution is 0.391. The molecular weight excluding hydrogens is 278 g/mol. The first-order valence-electron chi connectivity index (χ1n) is 6.81. The fraction of sp³-hybridized carbons (Fsp3) is 0.750. The van der Waals surface area contributed by atoms with E-state index in [2.05, 4.69) is 4.98 Å². The highest BCUT2D eigenvalue weighted by Gasteiger charge is 2.40. The SMILES string of the molecule is CCCN(C)S(=O)(=O)N1C[C@@H](N)[C@H](c2cn(C)cn2)C1. The Morgan fingerprint density at radius 3 is 2.75 bits per heavy atom. The molecule has 8 heteroatoms. The van der Waals surface area contributed by atoms with Gasteiger partial charge in [0, 0.05) is 51.9 Å². The van der Waals surface area contributed by atoms with Crippen molar-refractivity contribution in [2.75, 3.05) is 26.7 Å². The lowest BCUT2D eigenvalue weighted by atomic mass is 10.0. The number of rotatable bonds is 5. The third-order valence-corrected chi connectivity index (χ3v) is 5.62. The van der Waals surface area contributed by atoms with Crippen molar-refractivity contribution in [1.29, 1.82) is 0 Å². The van der Waals surface area contributed by atoms with Crippen molar-refractivity contribution in [2.45, 2.75) is 25.3 Å². The molecule has 1 aliphatic rings. The van der Waals surface area contributed by atoms with E-state index < -0.39 is 10.2 Å². The quantitative estimate of drug-likeness (QED) is 0.811. The third-order valence-electron chi connectivity index (χ3n) is 3.70. The van der Waals surface area contributed by atoms with Crippen molar-refractivity contribution < 1.29 is 8.42 Å². The van der Waals surface area contributed by atoms with Gasteiger partial charge in [0.15, 0.2) is 0 Å². The molecule has 1 aliphatic heterocycles. The summed E-state index contributed by atoms with van der Waals surface area (Å²) in [6, 6.07) is -0.213. The van der Waals surface area contributed by atoms with Gasteiger partial charge >= 0.3 is 0 Å². The van der Waals surface area contributed by atoms with Crippen LogP contribution in [0.1, 0.15) is 25.0 Å². The topological polar surface area (TPSA) is 84.5 Å². The van der Waals surface area contributed by atoms with Gasteiger partial charge in [-0.2, -0.15) is 17.0 Å². The maximum atomic E-state index is 12.4. The molecule has 20 heavy (non-hydrogen) atoms. The van der Waals surface area contributed by atoms with Crippen LogP contribution in [-0.4, -0.2) is 59.3 Å². The van der Waals surface area contributed by atoms with E-state index in [9.17, 15) is 8.42 Å². The van der Waals surface area contributed by atoms with Gasteiger partial charge in [-0.15, -0.1) is 0 Å². The molecule has 7 nitrogen and oxygen atoms in total. The molecule has 2 rings (SSSR count). The molecule has 0 unspecified atom stereocenters. The Morgan fingerprint density at radius 1 is 1.50 bits per heavy atom. The molecule has 2 atom stereocenters. The second kappa shape index (κ2) is 5.80. The Bertz CT molecular complexity index is 556. The summed E-state index contributed by atoms with van der Waals surface area (Å²) >= 11 is 0.